The van der Waals surface area contributed by atoms with Crippen LogP contribution in [0.3, 0.4) is 0 Å². The molecule has 1 aliphatic carbocycles. The molecule has 17 heavy (non-hydrogen) atoms. The van der Waals surface area contributed by atoms with Crippen molar-refractivity contribution in [3.05, 3.63) is 29.8 Å². The molecule has 2 nitrogen and oxygen atoms in total. The van der Waals surface area contributed by atoms with Gasteiger partial charge in [-0.15, -0.1) is 0 Å². The second-order valence-electron chi connectivity index (χ2n) is 5.24. The summed E-state index contributed by atoms with van der Waals surface area (Å²) in [5.41, 5.74) is 0.768. The van der Waals surface area contributed by atoms with Gasteiger partial charge in [-0.05, 0) is 30.9 Å². The summed E-state index contributed by atoms with van der Waals surface area (Å²) in [6, 6.07) is 7.58. The summed E-state index contributed by atoms with van der Waals surface area (Å²) in [4.78, 5) is 12.2. The standard InChI is InChI=1S/C15H20O2/c1-10(2)11(3)15(16)12-5-4-6-14(9-12)17-13-7-8-13/h4-6,9-11,13H,7-8H2,1-3H3. The van der Waals surface area contributed by atoms with Gasteiger partial charge in [-0.25, -0.2) is 0 Å². The number of carbonyl (C=O) groups excluding carboxylic acids is 1. The Labute approximate surface area is 103 Å². The minimum absolute atomic E-state index is 0.0613. The van der Waals surface area contributed by atoms with Gasteiger partial charge in [0.25, 0.3) is 0 Å². The molecule has 0 radical (unpaired) electrons. The molecule has 1 aliphatic rings. The second-order valence-corrected chi connectivity index (χ2v) is 5.24. The average Bonchev–Trinajstić information content (AvgIpc) is 3.11. The molecule has 0 aliphatic heterocycles. The van der Waals surface area contributed by atoms with E-state index in [0.29, 0.717) is 12.0 Å². The van der Waals surface area contributed by atoms with E-state index < -0.39 is 0 Å². The van der Waals surface area contributed by atoms with E-state index in [9.17, 15) is 4.79 Å². The van der Waals surface area contributed by atoms with E-state index in [1.807, 2.05) is 31.2 Å². The van der Waals surface area contributed by atoms with Crippen LogP contribution in [-0.4, -0.2) is 11.9 Å². The van der Waals surface area contributed by atoms with E-state index in [2.05, 4.69) is 13.8 Å². The van der Waals surface area contributed by atoms with Crippen molar-refractivity contribution >= 4 is 5.78 Å². The molecule has 2 heteroatoms. The number of Topliss-reactive ketones (excluding diaryl/α,β-unsaturated/α-hetero) is 1. The van der Waals surface area contributed by atoms with E-state index >= 15 is 0 Å². The zero-order valence-electron chi connectivity index (χ0n) is 10.8. The molecule has 92 valence electrons. The number of benzene rings is 1. The lowest BCUT2D eigenvalue weighted by molar-refractivity contribution is 0.0899. The number of carbonyl (C=O) groups is 1. The van der Waals surface area contributed by atoms with Crippen molar-refractivity contribution in [2.24, 2.45) is 11.8 Å². The summed E-state index contributed by atoms with van der Waals surface area (Å²) in [5.74, 6) is 1.47. The first-order chi connectivity index (χ1) is 8.08. The van der Waals surface area contributed by atoms with Gasteiger partial charge in [0.2, 0.25) is 0 Å². The Bertz CT molecular complexity index is 405. The summed E-state index contributed by atoms with van der Waals surface area (Å²) in [5, 5.41) is 0. The highest BCUT2D eigenvalue weighted by Gasteiger charge is 2.24. The van der Waals surface area contributed by atoms with E-state index in [4.69, 9.17) is 4.74 Å². The third kappa shape index (κ3) is 3.09. The highest BCUT2D eigenvalue weighted by atomic mass is 16.5. The van der Waals surface area contributed by atoms with Crippen LogP contribution < -0.4 is 4.74 Å². The van der Waals surface area contributed by atoms with Crippen molar-refractivity contribution in [2.75, 3.05) is 0 Å². The van der Waals surface area contributed by atoms with E-state index in [-0.39, 0.29) is 11.7 Å². The maximum Gasteiger partial charge on any atom is 0.166 e. The molecule has 0 saturated heterocycles. The van der Waals surface area contributed by atoms with Gasteiger partial charge in [-0.3, -0.25) is 4.79 Å². The lowest BCUT2D eigenvalue weighted by atomic mass is 9.90. The molecule has 2 rings (SSSR count). The van der Waals surface area contributed by atoms with Crippen molar-refractivity contribution in [3.63, 3.8) is 0 Å². The lowest BCUT2D eigenvalue weighted by Crippen LogP contribution is -2.17. The predicted molar refractivity (Wildman–Crippen MR) is 68.4 cm³/mol. The Kier molecular flexibility index (Phi) is 3.51. The van der Waals surface area contributed by atoms with Gasteiger partial charge in [-0.1, -0.05) is 32.9 Å². The third-order valence-corrected chi connectivity index (χ3v) is 3.36. The van der Waals surface area contributed by atoms with Crippen LogP contribution in [0, 0.1) is 11.8 Å². The molecule has 0 bridgehead atoms. The average molecular weight is 232 g/mol. The summed E-state index contributed by atoms with van der Waals surface area (Å²) in [6.45, 7) is 6.14. The van der Waals surface area contributed by atoms with Crippen molar-refractivity contribution in [3.8, 4) is 5.75 Å². The van der Waals surface area contributed by atoms with Crippen molar-refractivity contribution < 1.29 is 9.53 Å². The molecule has 1 unspecified atom stereocenters. The minimum atomic E-state index is 0.0613. The molecular weight excluding hydrogens is 212 g/mol. The quantitative estimate of drug-likeness (QED) is 0.723. The zero-order chi connectivity index (χ0) is 12.4. The first-order valence-corrected chi connectivity index (χ1v) is 6.39. The predicted octanol–water partition coefficient (Wildman–Crippen LogP) is 3.70. The summed E-state index contributed by atoms with van der Waals surface area (Å²) in [7, 11) is 0. The van der Waals surface area contributed by atoms with Crippen LogP contribution in [0.15, 0.2) is 24.3 Å². The Morgan fingerprint density at radius 3 is 2.59 bits per heavy atom. The fourth-order valence-electron chi connectivity index (χ4n) is 1.67. The molecule has 1 aromatic carbocycles. The van der Waals surface area contributed by atoms with Crippen LogP contribution >= 0.6 is 0 Å². The topological polar surface area (TPSA) is 26.3 Å². The second kappa shape index (κ2) is 4.91. The molecule has 1 saturated carbocycles. The molecule has 1 atom stereocenters. The molecule has 1 fully saturated rings. The highest BCUT2D eigenvalue weighted by molar-refractivity contribution is 5.98. The van der Waals surface area contributed by atoms with Crippen LogP contribution in [-0.2, 0) is 0 Å². The normalized spacial score (nSPS) is 16.9. The largest absolute Gasteiger partial charge is 0.490 e. The van der Waals surface area contributed by atoms with Crippen LogP contribution in [0.5, 0.6) is 5.75 Å². The summed E-state index contributed by atoms with van der Waals surface area (Å²) >= 11 is 0. The maximum absolute atomic E-state index is 12.2. The number of ether oxygens (including phenoxy) is 1. The fraction of sp³-hybridized carbons (Fsp3) is 0.533. The Morgan fingerprint density at radius 2 is 2.00 bits per heavy atom. The smallest absolute Gasteiger partial charge is 0.166 e. The summed E-state index contributed by atoms with van der Waals surface area (Å²) in [6.07, 6.45) is 2.66. The first kappa shape index (κ1) is 12.2. The van der Waals surface area contributed by atoms with Gasteiger partial charge < -0.3 is 4.74 Å². The van der Waals surface area contributed by atoms with Gasteiger partial charge in [0.15, 0.2) is 5.78 Å². The Hall–Kier alpha value is -1.31. The fourth-order valence-corrected chi connectivity index (χ4v) is 1.67. The monoisotopic (exact) mass is 232 g/mol. The van der Waals surface area contributed by atoms with Gasteiger partial charge in [0, 0.05) is 11.5 Å². The van der Waals surface area contributed by atoms with E-state index in [1.165, 1.54) is 0 Å². The van der Waals surface area contributed by atoms with Crippen molar-refractivity contribution in [1.29, 1.82) is 0 Å². The highest BCUT2D eigenvalue weighted by Crippen LogP contribution is 2.28. The number of hydrogen-bond acceptors (Lipinski definition) is 2. The minimum Gasteiger partial charge on any atom is -0.490 e. The lowest BCUT2D eigenvalue weighted by Gasteiger charge is -2.14. The van der Waals surface area contributed by atoms with Crippen LogP contribution in [0.1, 0.15) is 44.0 Å². The molecular formula is C15H20O2. The molecule has 0 amide bonds. The number of rotatable bonds is 5. The molecule has 0 N–H and O–H groups in total. The first-order valence-electron chi connectivity index (χ1n) is 6.39. The van der Waals surface area contributed by atoms with Crippen molar-refractivity contribution in [1.82, 2.24) is 0 Å². The molecule has 0 heterocycles. The van der Waals surface area contributed by atoms with Gasteiger partial charge in [0.1, 0.15) is 5.75 Å². The molecule has 0 spiro atoms. The van der Waals surface area contributed by atoms with Crippen LogP contribution in [0.2, 0.25) is 0 Å². The van der Waals surface area contributed by atoms with Crippen LogP contribution in [0.25, 0.3) is 0 Å². The summed E-state index contributed by atoms with van der Waals surface area (Å²) < 4.78 is 5.70. The third-order valence-electron chi connectivity index (χ3n) is 3.36. The van der Waals surface area contributed by atoms with E-state index in [0.717, 1.165) is 24.2 Å². The zero-order valence-corrected chi connectivity index (χ0v) is 10.8. The van der Waals surface area contributed by atoms with Gasteiger partial charge in [-0.2, -0.15) is 0 Å². The molecule has 0 aromatic heterocycles. The van der Waals surface area contributed by atoms with E-state index in [1.54, 1.807) is 0 Å². The molecule has 1 aromatic rings. The number of ketones is 1. The maximum atomic E-state index is 12.2. The Morgan fingerprint density at radius 1 is 1.29 bits per heavy atom. The van der Waals surface area contributed by atoms with Crippen molar-refractivity contribution in [2.45, 2.75) is 39.7 Å². The number of hydrogen-bond donors (Lipinski definition) is 0. The Balaban J connectivity index is 2.11. The van der Waals surface area contributed by atoms with Gasteiger partial charge >= 0.3 is 0 Å². The SMILES string of the molecule is CC(C)C(C)C(=O)c1cccc(OC2CC2)c1. The van der Waals surface area contributed by atoms with Crippen LogP contribution in [0.4, 0.5) is 0 Å². The van der Waals surface area contributed by atoms with Gasteiger partial charge in [0.05, 0.1) is 6.10 Å².